The molecule has 3 aromatic rings. The Labute approximate surface area is 482 Å². The number of fused-ring (bicyclic) bond motifs is 2. The third-order valence-corrected chi connectivity index (χ3v) is 16.3. The summed E-state index contributed by atoms with van der Waals surface area (Å²) in [5, 5.41) is 17.9. The zero-order valence-electron chi connectivity index (χ0n) is 47.8. The Balaban J connectivity index is 0.00000588. The summed E-state index contributed by atoms with van der Waals surface area (Å²) in [6.45, 7) is 14.4. The molecule has 2 aliphatic carbocycles. The van der Waals surface area contributed by atoms with Gasteiger partial charge < -0.3 is 41.7 Å². The van der Waals surface area contributed by atoms with Crippen LogP contribution in [0.2, 0.25) is 0 Å². The first-order valence-corrected chi connectivity index (χ1v) is 27.7. The van der Waals surface area contributed by atoms with Gasteiger partial charge in [0.2, 0.25) is 35.4 Å². The molecule has 2 aliphatic heterocycles. The molecular formula is C60H82Cl2F2N8O8. The molecule has 2 heterocycles. The highest BCUT2D eigenvalue weighted by Gasteiger charge is 2.48. The predicted octanol–water partition coefficient (Wildman–Crippen LogP) is 7.05. The lowest BCUT2D eigenvalue weighted by atomic mass is 9.85. The van der Waals surface area contributed by atoms with Crippen LogP contribution in [0.5, 0.6) is 0 Å². The van der Waals surface area contributed by atoms with E-state index in [1.165, 1.54) is 40.1 Å². The van der Waals surface area contributed by atoms with Gasteiger partial charge in [-0.1, -0.05) is 71.9 Å². The van der Waals surface area contributed by atoms with Gasteiger partial charge in [0.05, 0.1) is 24.2 Å². The van der Waals surface area contributed by atoms with Crippen LogP contribution >= 0.6 is 24.8 Å². The molecule has 0 saturated carbocycles. The van der Waals surface area contributed by atoms with Crippen LogP contribution < -0.4 is 31.9 Å². The average Bonchev–Trinajstić information content (AvgIpc) is 4.02. The molecule has 4 aliphatic rings. The predicted molar refractivity (Wildman–Crippen MR) is 306 cm³/mol. The summed E-state index contributed by atoms with van der Waals surface area (Å²) >= 11 is 0. The summed E-state index contributed by atoms with van der Waals surface area (Å²) in [6.07, 6.45) is 4.19. The molecule has 0 bridgehead atoms. The van der Waals surface area contributed by atoms with E-state index >= 15 is 0 Å². The first-order chi connectivity index (χ1) is 36.8. The van der Waals surface area contributed by atoms with Crippen LogP contribution in [-0.4, -0.2) is 120 Å². The summed E-state index contributed by atoms with van der Waals surface area (Å²) in [6, 6.07) is 9.38. The number of carbonyl (C=O) groups excluding carboxylic acids is 8. The van der Waals surface area contributed by atoms with Crippen molar-refractivity contribution in [2.24, 2.45) is 22.7 Å². The standard InChI is InChI=1S/C60H80F2N8O8.2ClH/c1-33(63-9)53(73)67-51(59(3,4)5)57(77)69-31-35(24-47(69)55(75)65-45-18-12-14-37-29-41(61)20-22-43(37)45)26-49(71)39-16-11-17-40(28-39)50(72)27-36-25-48(56(76)66-46-19-13-15-38-30-42(62)21-23-44(38)46)70(32-36)58(78)52(60(6,7)8)68-54(74)34(2)64-10;;/h11,16-17,20-23,28-30,33-36,45-48,51-52,63-64H,12-15,18-19,24-27,31-32H2,1-10H3,(H,65,75)(H,66,76)(H,67,73)(H,68,74);2*1H/t33-,34-,35+,36+,45?,46?,47-,48-,51+,52+;;/m0../s1. The molecule has 10 atom stereocenters. The van der Waals surface area contributed by atoms with Crippen molar-refractivity contribution in [2.75, 3.05) is 27.2 Å². The first-order valence-electron chi connectivity index (χ1n) is 27.7. The number of likely N-dealkylation sites (tertiary alicyclic amines) is 2. The number of halogens is 4. The number of likely N-dealkylation sites (N-methyl/N-ethyl adjacent to an activating group) is 2. The Morgan fingerprint density at radius 1 is 0.575 bits per heavy atom. The van der Waals surface area contributed by atoms with E-state index in [1.54, 1.807) is 58.3 Å². The average molecular weight is 1150 g/mol. The third kappa shape index (κ3) is 15.4. The largest absolute Gasteiger partial charge is 0.347 e. The normalized spacial score (nSPS) is 22.1. The van der Waals surface area contributed by atoms with Gasteiger partial charge in [0.15, 0.2) is 11.6 Å². The molecule has 20 heteroatoms. The number of ketones is 2. The summed E-state index contributed by atoms with van der Waals surface area (Å²) in [5.74, 6) is -4.83. The van der Waals surface area contributed by atoms with Crippen LogP contribution in [0.3, 0.4) is 0 Å². The van der Waals surface area contributed by atoms with Gasteiger partial charge in [-0.3, -0.25) is 38.4 Å². The van der Waals surface area contributed by atoms with Gasteiger partial charge in [0.1, 0.15) is 35.8 Å². The van der Waals surface area contributed by atoms with Gasteiger partial charge in [-0.25, -0.2) is 8.78 Å². The number of rotatable bonds is 18. The maximum atomic E-state index is 14.7. The molecule has 6 N–H and O–H groups in total. The number of benzene rings is 3. The van der Waals surface area contributed by atoms with E-state index in [1.807, 2.05) is 41.5 Å². The molecule has 0 spiro atoms. The molecule has 438 valence electrons. The van der Waals surface area contributed by atoms with E-state index in [9.17, 15) is 47.1 Å². The fourth-order valence-corrected chi connectivity index (χ4v) is 11.6. The highest BCUT2D eigenvalue weighted by Crippen LogP contribution is 2.37. The van der Waals surface area contributed by atoms with Crippen molar-refractivity contribution in [3.63, 3.8) is 0 Å². The maximum absolute atomic E-state index is 14.7. The molecule has 2 fully saturated rings. The van der Waals surface area contributed by atoms with Crippen LogP contribution in [0.1, 0.15) is 162 Å². The molecule has 3 aromatic carbocycles. The lowest BCUT2D eigenvalue weighted by molar-refractivity contribution is -0.144. The lowest BCUT2D eigenvalue weighted by Crippen LogP contribution is -2.59. The summed E-state index contributed by atoms with van der Waals surface area (Å²) in [5.41, 5.74) is 2.22. The quantitative estimate of drug-likeness (QED) is 0.0714. The molecule has 16 nitrogen and oxygen atoms in total. The van der Waals surface area contributed by atoms with E-state index in [2.05, 4.69) is 31.9 Å². The van der Waals surface area contributed by atoms with Gasteiger partial charge in [-0.15, -0.1) is 24.8 Å². The number of hydrogen-bond acceptors (Lipinski definition) is 10. The third-order valence-electron chi connectivity index (χ3n) is 16.3. The Morgan fingerprint density at radius 3 is 1.30 bits per heavy atom. The summed E-state index contributed by atoms with van der Waals surface area (Å²) < 4.78 is 28.5. The molecule has 6 amide bonds. The van der Waals surface area contributed by atoms with Crippen LogP contribution in [-0.2, 0) is 41.6 Å². The highest BCUT2D eigenvalue weighted by molar-refractivity contribution is 6.02. The minimum absolute atomic E-state index is 0. The van der Waals surface area contributed by atoms with E-state index in [0.29, 0.717) is 25.7 Å². The van der Waals surface area contributed by atoms with Crippen molar-refractivity contribution in [1.82, 2.24) is 41.7 Å². The van der Waals surface area contributed by atoms with Gasteiger partial charge in [0.25, 0.3) is 0 Å². The molecule has 0 radical (unpaired) electrons. The van der Waals surface area contributed by atoms with Crippen molar-refractivity contribution >= 4 is 71.8 Å². The molecule has 80 heavy (non-hydrogen) atoms. The van der Waals surface area contributed by atoms with Crippen LogP contribution in [0, 0.1) is 34.3 Å². The number of amides is 6. The molecule has 7 rings (SSSR count). The van der Waals surface area contributed by atoms with E-state index in [-0.39, 0.29) is 97.9 Å². The van der Waals surface area contributed by atoms with Gasteiger partial charge in [-0.05, 0) is 155 Å². The fourth-order valence-electron chi connectivity index (χ4n) is 11.6. The van der Waals surface area contributed by atoms with Crippen molar-refractivity contribution in [3.05, 3.63) is 106 Å². The first kappa shape index (κ1) is 65.0. The second-order valence-electron chi connectivity index (χ2n) is 24.3. The number of aryl methyl sites for hydroxylation is 2. The molecule has 2 saturated heterocycles. The van der Waals surface area contributed by atoms with Crippen LogP contribution in [0.4, 0.5) is 8.78 Å². The number of hydrogen-bond donors (Lipinski definition) is 6. The Kier molecular flexibility index (Phi) is 22.2. The SMILES string of the molecule is CN[C@@H](C)C(=O)N[C@H](C(=O)N1C[C@@H](CC(=O)c2cccc(C(=O)C[C@H]3C[C@@H](C(=O)NC4CCCc5cc(F)ccc54)N(C(=O)[C@@H](NC(=O)[C@H](C)NC)C(C)(C)C)C3)c2)C[C@H]1C(=O)NC1CCCc2cc(F)ccc21)C(C)(C)C.Cl.Cl. The lowest BCUT2D eigenvalue weighted by Gasteiger charge is -2.36. The van der Waals surface area contributed by atoms with Crippen molar-refractivity contribution in [1.29, 1.82) is 0 Å². The van der Waals surface area contributed by atoms with E-state index in [4.69, 9.17) is 0 Å². The van der Waals surface area contributed by atoms with Gasteiger partial charge >= 0.3 is 0 Å². The molecule has 0 aromatic heterocycles. The maximum Gasteiger partial charge on any atom is 0.246 e. The van der Waals surface area contributed by atoms with Crippen LogP contribution in [0.15, 0.2) is 60.7 Å². The number of nitrogens with one attached hydrogen (secondary N) is 6. The second kappa shape index (κ2) is 27.3. The monoisotopic (exact) mass is 1150 g/mol. The van der Waals surface area contributed by atoms with Gasteiger partial charge in [-0.2, -0.15) is 0 Å². The Bertz CT molecular complexity index is 2610. The smallest absolute Gasteiger partial charge is 0.246 e. The number of nitrogens with zero attached hydrogens (tertiary/aromatic N) is 2. The Hall–Kier alpha value is -5.82. The molecular weight excluding hydrogens is 1070 g/mol. The minimum Gasteiger partial charge on any atom is -0.347 e. The summed E-state index contributed by atoms with van der Waals surface area (Å²) in [7, 11) is 3.28. The van der Waals surface area contributed by atoms with Crippen molar-refractivity contribution in [2.45, 2.75) is 168 Å². The number of carbonyl (C=O) groups is 8. The van der Waals surface area contributed by atoms with Crippen LogP contribution in [0.25, 0.3) is 0 Å². The van der Waals surface area contributed by atoms with E-state index in [0.717, 1.165) is 35.1 Å². The highest BCUT2D eigenvalue weighted by atomic mass is 35.5. The second-order valence-corrected chi connectivity index (χ2v) is 24.3. The molecule has 2 unspecified atom stereocenters. The van der Waals surface area contributed by atoms with Crippen molar-refractivity contribution in [3.8, 4) is 0 Å². The van der Waals surface area contributed by atoms with E-state index < -0.39 is 106 Å². The zero-order chi connectivity index (χ0) is 57.0. The fraction of sp³-hybridized carbons (Fsp3) is 0.567. The van der Waals surface area contributed by atoms with Gasteiger partial charge in [0, 0.05) is 37.1 Å². The number of Topliss-reactive ketones (excluding diaryl/α,β-unsaturated/α-hetero) is 2. The minimum atomic E-state index is -1.02. The Morgan fingerprint density at radius 2 is 0.950 bits per heavy atom. The zero-order valence-corrected chi connectivity index (χ0v) is 49.4. The van der Waals surface area contributed by atoms with Crippen molar-refractivity contribution < 1.29 is 47.1 Å². The summed E-state index contributed by atoms with van der Waals surface area (Å²) in [4.78, 5) is 116. The topological polar surface area (TPSA) is 215 Å².